The molecular formula is C23H27N5O2. The van der Waals surface area contributed by atoms with Crippen LogP contribution in [0.4, 0.5) is 5.69 Å². The Labute approximate surface area is 175 Å². The summed E-state index contributed by atoms with van der Waals surface area (Å²) in [6.07, 6.45) is 5.14. The summed E-state index contributed by atoms with van der Waals surface area (Å²) < 4.78 is 0. The van der Waals surface area contributed by atoms with E-state index in [4.69, 9.17) is 0 Å². The number of aryl methyl sites for hydroxylation is 2. The molecule has 0 bridgehead atoms. The fraction of sp³-hybridized carbons (Fsp3) is 0.391. The highest BCUT2D eigenvalue weighted by atomic mass is 16.2. The van der Waals surface area contributed by atoms with Crippen LogP contribution >= 0.6 is 0 Å². The Morgan fingerprint density at radius 2 is 2.03 bits per heavy atom. The number of rotatable bonds is 2. The molecule has 0 unspecified atom stereocenters. The molecule has 2 aromatic heterocycles. The minimum absolute atomic E-state index is 0.329. The molecule has 1 aliphatic heterocycles. The first-order chi connectivity index (χ1) is 14.3. The van der Waals surface area contributed by atoms with E-state index in [2.05, 4.69) is 33.5 Å². The summed E-state index contributed by atoms with van der Waals surface area (Å²) in [5.74, 6) is -0.824. The summed E-state index contributed by atoms with van der Waals surface area (Å²) in [6.45, 7) is 8.53. The van der Waals surface area contributed by atoms with Crippen molar-refractivity contribution in [2.75, 3.05) is 11.9 Å². The predicted molar refractivity (Wildman–Crippen MR) is 116 cm³/mol. The van der Waals surface area contributed by atoms with Gasteiger partial charge in [-0.05, 0) is 68.9 Å². The molecule has 30 heavy (non-hydrogen) atoms. The fourth-order valence-corrected chi connectivity index (χ4v) is 4.17. The number of amides is 2. The monoisotopic (exact) mass is 405 g/mol. The standard InChI is InChI=1S/C23H27N5O2/c1-14-7-8-23(4,18-5-6-20-17(10-18)11-25-27-20)28(13-14)22(30)21(29)26-19-9-15(2)16(3)24-12-19/h5-6,9-12,14H,7-8,13H2,1-4H3,(H,25,27)(H,26,29)/t14-,23-/m0/s1. The number of carbonyl (C=O) groups is 2. The Morgan fingerprint density at radius 1 is 1.23 bits per heavy atom. The van der Waals surface area contributed by atoms with Gasteiger partial charge in [-0.25, -0.2) is 0 Å². The van der Waals surface area contributed by atoms with Crippen molar-refractivity contribution >= 4 is 28.4 Å². The zero-order valence-corrected chi connectivity index (χ0v) is 17.8. The molecule has 2 N–H and O–H groups in total. The van der Waals surface area contributed by atoms with Gasteiger partial charge in [-0.15, -0.1) is 0 Å². The molecule has 1 aromatic carbocycles. The number of carbonyl (C=O) groups excluding carboxylic acids is 2. The molecule has 0 radical (unpaired) electrons. The number of H-pyrrole nitrogens is 1. The first-order valence-corrected chi connectivity index (χ1v) is 10.3. The van der Waals surface area contributed by atoms with Gasteiger partial charge in [0.1, 0.15) is 0 Å². The lowest BCUT2D eigenvalue weighted by atomic mass is 9.78. The van der Waals surface area contributed by atoms with Gasteiger partial charge in [-0.2, -0.15) is 5.10 Å². The summed E-state index contributed by atoms with van der Waals surface area (Å²) in [6, 6.07) is 7.88. The third-order valence-electron chi connectivity index (χ3n) is 6.31. The molecule has 1 saturated heterocycles. The van der Waals surface area contributed by atoms with Gasteiger partial charge in [0.2, 0.25) is 0 Å². The molecule has 7 nitrogen and oxygen atoms in total. The SMILES string of the molecule is Cc1cc(NC(=O)C(=O)N2C[C@@H](C)CC[C@@]2(C)c2ccc3[nH]ncc3c2)cnc1C. The minimum Gasteiger partial charge on any atom is -0.325 e. The van der Waals surface area contributed by atoms with Crippen molar-refractivity contribution in [3.8, 4) is 0 Å². The Bertz CT molecular complexity index is 1120. The number of fused-ring (bicyclic) bond motifs is 1. The number of nitrogens with one attached hydrogen (secondary N) is 2. The van der Waals surface area contributed by atoms with Gasteiger partial charge >= 0.3 is 11.8 Å². The number of likely N-dealkylation sites (tertiary alicyclic amines) is 1. The van der Waals surface area contributed by atoms with Crippen molar-refractivity contribution in [2.45, 2.75) is 46.1 Å². The predicted octanol–water partition coefficient (Wildman–Crippen LogP) is 3.69. The number of aromatic nitrogens is 3. The molecular weight excluding hydrogens is 378 g/mol. The molecule has 3 aromatic rings. The van der Waals surface area contributed by atoms with Crippen molar-refractivity contribution in [2.24, 2.45) is 5.92 Å². The summed E-state index contributed by atoms with van der Waals surface area (Å²) >= 11 is 0. The van der Waals surface area contributed by atoms with Crippen LogP contribution in [0.15, 0.2) is 36.7 Å². The average molecular weight is 406 g/mol. The number of hydrogen-bond acceptors (Lipinski definition) is 4. The van der Waals surface area contributed by atoms with Crippen LogP contribution in [-0.4, -0.2) is 38.4 Å². The number of hydrogen-bond donors (Lipinski definition) is 2. The summed E-state index contributed by atoms with van der Waals surface area (Å²) in [5, 5.41) is 10.8. The molecule has 0 aliphatic carbocycles. The van der Waals surface area contributed by atoms with Crippen molar-refractivity contribution < 1.29 is 9.59 Å². The summed E-state index contributed by atoms with van der Waals surface area (Å²) in [4.78, 5) is 32.1. The number of piperidine rings is 1. The first kappa shape index (κ1) is 20.1. The van der Waals surface area contributed by atoms with Gasteiger partial charge in [0.05, 0.1) is 29.1 Å². The quantitative estimate of drug-likeness (QED) is 0.636. The second kappa shape index (κ2) is 7.55. The highest BCUT2D eigenvalue weighted by molar-refractivity contribution is 6.39. The molecule has 2 atom stereocenters. The van der Waals surface area contributed by atoms with E-state index in [0.717, 1.165) is 40.6 Å². The first-order valence-electron chi connectivity index (χ1n) is 10.3. The van der Waals surface area contributed by atoms with Gasteiger partial charge in [0.15, 0.2) is 0 Å². The molecule has 3 heterocycles. The van der Waals surface area contributed by atoms with Gasteiger partial charge in [-0.3, -0.25) is 19.7 Å². The number of pyridine rings is 1. The maximum atomic E-state index is 13.3. The number of benzene rings is 1. The lowest BCUT2D eigenvalue weighted by Gasteiger charge is -2.47. The lowest BCUT2D eigenvalue weighted by Crippen LogP contribution is -2.55. The molecule has 1 aliphatic rings. The van der Waals surface area contributed by atoms with Crippen LogP contribution in [0.1, 0.15) is 43.5 Å². The van der Waals surface area contributed by atoms with Crippen molar-refractivity contribution in [1.29, 1.82) is 0 Å². The highest BCUT2D eigenvalue weighted by Gasteiger charge is 2.43. The molecule has 156 valence electrons. The zero-order chi connectivity index (χ0) is 21.5. The number of aromatic amines is 1. The van der Waals surface area contributed by atoms with E-state index in [-0.39, 0.29) is 0 Å². The van der Waals surface area contributed by atoms with Gasteiger partial charge < -0.3 is 10.2 Å². The maximum absolute atomic E-state index is 13.3. The second-order valence-electron chi connectivity index (χ2n) is 8.59. The van der Waals surface area contributed by atoms with Gasteiger partial charge in [0, 0.05) is 17.6 Å². The van der Waals surface area contributed by atoms with E-state index < -0.39 is 17.4 Å². The van der Waals surface area contributed by atoms with E-state index in [9.17, 15) is 9.59 Å². The molecule has 4 rings (SSSR count). The third-order valence-corrected chi connectivity index (χ3v) is 6.31. The average Bonchev–Trinajstić information content (AvgIpc) is 3.20. The summed E-state index contributed by atoms with van der Waals surface area (Å²) in [5.41, 5.74) is 3.79. The van der Waals surface area contributed by atoms with Crippen LogP contribution in [0.5, 0.6) is 0 Å². The molecule has 7 heteroatoms. The van der Waals surface area contributed by atoms with Crippen LogP contribution in [0.2, 0.25) is 0 Å². The minimum atomic E-state index is -0.634. The topological polar surface area (TPSA) is 91.0 Å². The van der Waals surface area contributed by atoms with Crippen LogP contribution < -0.4 is 5.32 Å². The Morgan fingerprint density at radius 3 is 2.80 bits per heavy atom. The van der Waals surface area contributed by atoms with E-state index in [1.807, 2.05) is 39.0 Å². The Kier molecular flexibility index (Phi) is 5.05. The van der Waals surface area contributed by atoms with E-state index >= 15 is 0 Å². The van der Waals surface area contributed by atoms with E-state index in [0.29, 0.717) is 18.2 Å². The molecule has 0 saturated carbocycles. The van der Waals surface area contributed by atoms with Crippen LogP contribution in [0.3, 0.4) is 0 Å². The van der Waals surface area contributed by atoms with Crippen molar-refractivity contribution in [3.63, 3.8) is 0 Å². The molecule has 2 amide bonds. The number of nitrogens with zero attached hydrogens (tertiary/aromatic N) is 3. The van der Waals surface area contributed by atoms with Crippen LogP contribution in [-0.2, 0) is 15.1 Å². The van der Waals surface area contributed by atoms with Crippen molar-refractivity contribution in [3.05, 3.63) is 53.5 Å². The Balaban J connectivity index is 1.63. The fourth-order valence-electron chi connectivity index (χ4n) is 4.17. The number of anilines is 1. The molecule has 0 spiro atoms. The smallest absolute Gasteiger partial charge is 0.313 e. The summed E-state index contributed by atoms with van der Waals surface area (Å²) in [7, 11) is 0. The second-order valence-corrected chi connectivity index (χ2v) is 8.59. The van der Waals surface area contributed by atoms with Crippen molar-refractivity contribution in [1.82, 2.24) is 20.1 Å². The maximum Gasteiger partial charge on any atom is 0.313 e. The highest BCUT2D eigenvalue weighted by Crippen LogP contribution is 2.40. The zero-order valence-electron chi connectivity index (χ0n) is 17.8. The molecule has 1 fully saturated rings. The normalized spacial score (nSPS) is 21.6. The van der Waals surface area contributed by atoms with E-state index in [1.54, 1.807) is 17.3 Å². The van der Waals surface area contributed by atoms with Crippen LogP contribution in [0, 0.1) is 19.8 Å². The van der Waals surface area contributed by atoms with E-state index in [1.165, 1.54) is 0 Å². The Hall–Kier alpha value is -3.22. The lowest BCUT2D eigenvalue weighted by molar-refractivity contribution is -0.150. The van der Waals surface area contributed by atoms with Gasteiger partial charge in [-0.1, -0.05) is 13.0 Å². The third kappa shape index (κ3) is 3.56. The largest absolute Gasteiger partial charge is 0.325 e. The van der Waals surface area contributed by atoms with Gasteiger partial charge in [0.25, 0.3) is 0 Å². The van der Waals surface area contributed by atoms with Crippen LogP contribution in [0.25, 0.3) is 10.9 Å².